The van der Waals surface area contributed by atoms with Crippen LogP contribution in [0.25, 0.3) is 0 Å². The molecule has 0 spiro atoms. The zero-order chi connectivity index (χ0) is 11.3. The molecule has 3 heteroatoms. The fraction of sp³-hybridized carbons (Fsp3) is 0.500. The molecule has 0 aliphatic carbocycles. The van der Waals surface area contributed by atoms with Crippen LogP contribution in [0, 0.1) is 0 Å². The topological polar surface area (TPSA) is 24.1 Å². The van der Waals surface area contributed by atoms with E-state index >= 15 is 0 Å². The summed E-state index contributed by atoms with van der Waals surface area (Å²) >= 11 is 3.54. The summed E-state index contributed by atoms with van der Waals surface area (Å²) < 4.78 is 1.17. The maximum absolute atomic E-state index is 3.54. The lowest BCUT2D eigenvalue weighted by Gasteiger charge is -2.24. The molecule has 0 saturated heterocycles. The third-order valence-corrected chi connectivity index (χ3v) is 3.29. The van der Waals surface area contributed by atoms with Gasteiger partial charge >= 0.3 is 0 Å². The quantitative estimate of drug-likeness (QED) is 0.860. The summed E-state index contributed by atoms with van der Waals surface area (Å²) in [6.07, 6.45) is 0. The monoisotopic (exact) mass is 270 g/mol. The average Bonchev–Trinajstić information content (AvgIpc) is 2.21. The maximum atomic E-state index is 3.54. The van der Waals surface area contributed by atoms with Crippen molar-refractivity contribution < 1.29 is 0 Å². The normalized spacial score (nSPS) is 11.7. The Bertz CT molecular complexity index is 310. The number of halogens is 1. The number of nitrogens with one attached hydrogen (secondary N) is 2. The van der Waals surface area contributed by atoms with Gasteiger partial charge in [0.2, 0.25) is 0 Å². The smallest absolute Gasteiger partial charge is 0.0246 e. The lowest BCUT2D eigenvalue weighted by Crippen LogP contribution is -2.45. The molecule has 1 aromatic rings. The molecule has 0 heterocycles. The van der Waals surface area contributed by atoms with Gasteiger partial charge in [0.15, 0.2) is 0 Å². The second-order valence-electron chi connectivity index (χ2n) is 4.33. The molecule has 2 nitrogen and oxygen atoms in total. The van der Waals surface area contributed by atoms with Crippen molar-refractivity contribution in [3.8, 4) is 0 Å². The van der Waals surface area contributed by atoms with Crippen LogP contribution >= 0.6 is 15.9 Å². The molecule has 0 bridgehead atoms. The van der Waals surface area contributed by atoms with Gasteiger partial charge in [-0.2, -0.15) is 0 Å². The largest absolute Gasteiger partial charge is 0.314 e. The van der Waals surface area contributed by atoms with E-state index in [4.69, 9.17) is 0 Å². The van der Waals surface area contributed by atoms with Gasteiger partial charge in [-0.1, -0.05) is 34.1 Å². The summed E-state index contributed by atoms with van der Waals surface area (Å²) in [5, 5.41) is 6.71. The van der Waals surface area contributed by atoms with Crippen LogP contribution in [0.4, 0.5) is 0 Å². The van der Waals surface area contributed by atoms with Crippen LogP contribution in [-0.2, 0) is 6.54 Å². The molecule has 1 rings (SSSR count). The van der Waals surface area contributed by atoms with E-state index in [0.29, 0.717) is 0 Å². The van der Waals surface area contributed by atoms with E-state index in [1.165, 1.54) is 10.0 Å². The Morgan fingerprint density at radius 2 is 1.93 bits per heavy atom. The van der Waals surface area contributed by atoms with Gasteiger partial charge in [0.05, 0.1) is 0 Å². The molecule has 0 aliphatic rings. The summed E-state index contributed by atoms with van der Waals surface area (Å²) in [5.41, 5.74) is 1.44. The van der Waals surface area contributed by atoms with E-state index in [0.717, 1.165) is 13.1 Å². The molecule has 0 unspecified atom stereocenters. The molecule has 2 N–H and O–H groups in total. The van der Waals surface area contributed by atoms with Crippen LogP contribution in [0.15, 0.2) is 28.7 Å². The molecule has 0 radical (unpaired) electrons. The van der Waals surface area contributed by atoms with Crippen molar-refractivity contribution in [2.24, 2.45) is 0 Å². The predicted molar refractivity (Wildman–Crippen MR) is 69.0 cm³/mol. The van der Waals surface area contributed by atoms with Gasteiger partial charge in [-0.25, -0.2) is 0 Å². The average molecular weight is 271 g/mol. The van der Waals surface area contributed by atoms with E-state index in [1.807, 2.05) is 13.1 Å². The van der Waals surface area contributed by atoms with Crippen molar-refractivity contribution >= 4 is 15.9 Å². The highest BCUT2D eigenvalue weighted by Gasteiger charge is 2.13. The third kappa shape index (κ3) is 4.33. The zero-order valence-electron chi connectivity index (χ0n) is 9.60. The maximum Gasteiger partial charge on any atom is 0.0246 e. The van der Waals surface area contributed by atoms with Crippen LogP contribution < -0.4 is 10.6 Å². The summed E-state index contributed by atoms with van der Waals surface area (Å²) in [6, 6.07) is 8.29. The molecule has 84 valence electrons. The predicted octanol–water partition coefficient (Wildman–Crippen LogP) is 2.54. The number of likely N-dealkylation sites (N-methyl/N-ethyl adjacent to an activating group) is 1. The third-order valence-electron chi connectivity index (χ3n) is 2.52. The van der Waals surface area contributed by atoms with Crippen molar-refractivity contribution in [3.05, 3.63) is 34.3 Å². The second kappa shape index (κ2) is 5.64. The standard InChI is InChI=1S/C12H19BrN2/c1-12(2,14-3)9-15-8-10-6-4-5-7-11(10)13/h4-7,14-15H,8-9H2,1-3H3. The van der Waals surface area contributed by atoms with E-state index in [-0.39, 0.29) is 5.54 Å². The lowest BCUT2D eigenvalue weighted by molar-refractivity contribution is 0.393. The SMILES string of the molecule is CNC(C)(C)CNCc1ccccc1Br. The zero-order valence-corrected chi connectivity index (χ0v) is 11.2. The highest BCUT2D eigenvalue weighted by molar-refractivity contribution is 9.10. The van der Waals surface area contributed by atoms with Crippen molar-refractivity contribution in [1.29, 1.82) is 0 Å². The molecular weight excluding hydrogens is 252 g/mol. The van der Waals surface area contributed by atoms with Gasteiger partial charge < -0.3 is 10.6 Å². The first kappa shape index (κ1) is 12.7. The second-order valence-corrected chi connectivity index (χ2v) is 5.18. The van der Waals surface area contributed by atoms with E-state index < -0.39 is 0 Å². The van der Waals surface area contributed by atoms with Crippen molar-refractivity contribution in [1.82, 2.24) is 10.6 Å². The van der Waals surface area contributed by atoms with Gasteiger partial charge in [0.1, 0.15) is 0 Å². The number of hydrogen-bond donors (Lipinski definition) is 2. The van der Waals surface area contributed by atoms with Gasteiger partial charge in [-0.05, 0) is 32.5 Å². The lowest BCUT2D eigenvalue weighted by atomic mass is 10.1. The molecule has 0 saturated carbocycles. The van der Waals surface area contributed by atoms with Gasteiger partial charge in [-0.3, -0.25) is 0 Å². The Hall–Kier alpha value is -0.380. The Balaban J connectivity index is 2.42. The van der Waals surface area contributed by atoms with Crippen molar-refractivity contribution in [3.63, 3.8) is 0 Å². The highest BCUT2D eigenvalue weighted by Crippen LogP contribution is 2.15. The first-order chi connectivity index (χ1) is 7.05. The Morgan fingerprint density at radius 1 is 1.27 bits per heavy atom. The Morgan fingerprint density at radius 3 is 2.53 bits per heavy atom. The first-order valence-electron chi connectivity index (χ1n) is 5.18. The molecule has 0 atom stereocenters. The van der Waals surface area contributed by atoms with Crippen molar-refractivity contribution in [2.75, 3.05) is 13.6 Å². The summed E-state index contributed by atoms with van der Waals surface area (Å²) in [6.45, 7) is 6.21. The summed E-state index contributed by atoms with van der Waals surface area (Å²) in [7, 11) is 1.99. The Kier molecular flexibility index (Phi) is 4.77. The summed E-state index contributed by atoms with van der Waals surface area (Å²) in [4.78, 5) is 0. The summed E-state index contributed by atoms with van der Waals surface area (Å²) in [5.74, 6) is 0. The first-order valence-corrected chi connectivity index (χ1v) is 5.97. The van der Waals surface area contributed by atoms with Crippen LogP contribution in [0.5, 0.6) is 0 Å². The highest BCUT2D eigenvalue weighted by atomic mass is 79.9. The molecule has 15 heavy (non-hydrogen) atoms. The minimum atomic E-state index is 0.140. The Labute approximate surface area is 101 Å². The van der Waals surface area contributed by atoms with E-state index in [2.05, 4.69) is 58.6 Å². The molecule has 0 aromatic heterocycles. The molecular formula is C12H19BrN2. The number of benzene rings is 1. The van der Waals surface area contributed by atoms with Gasteiger partial charge in [-0.15, -0.1) is 0 Å². The molecule has 0 fully saturated rings. The number of hydrogen-bond acceptors (Lipinski definition) is 2. The van der Waals surface area contributed by atoms with Crippen LogP contribution in [0.1, 0.15) is 19.4 Å². The van der Waals surface area contributed by atoms with Crippen LogP contribution in [0.3, 0.4) is 0 Å². The van der Waals surface area contributed by atoms with E-state index in [1.54, 1.807) is 0 Å². The molecule has 1 aromatic carbocycles. The molecule has 0 amide bonds. The fourth-order valence-electron chi connectivity index (χ4n) is 1.24. The fourth-order valence-corrected chi connectivity index (χ4v) is 1.66. The molecule has 0 aliphatic heterocycles. The van der Waals surface area contributed by atoms with Gasteiger partial charge in [0.25, 0.3) is 0 Å². The number of rotatable bonds is 5. The van der Waals surface area contributed by atoms with Gasteiger partial charge in [0, 0.05) is 23.1 Å². The minimum absolute atomic E-state index is 0.140. The van der Waals surface area contributed by atoms with E-state index in [9.17, 15) is 0 Å². The van der Waals surface area contributed by atoms with Crippen molar-refractivity contribution in [2.45, 2.75) is 25.9 Å². The van der Waals surface area contributed by atoms with Crippen LogP contribution in [0.2, 0.25) is 0 Å². The van der Waals surface area contributed by atoms with Crippen LogP contribution in [-0.4, -0.2) is 19.1 Å². The minimum Gasteiger partial charge on any atom is -0.314 e.